The second-order valence-electron chi connectivity index (χ2n) is 9.68. The van der Waals surface area contributed by atoms with Crippen molar-refractivity contribution in [2.45, 2.75) is 105 Å². The Hall–Kier alpha value is -2.94. The molecule has 0 aliphatic carbocycles. The molecule has 0 fully saturated rings. The third kappa shape index (κ3) is 10.5. The normalized spacial score (nSPS) is 15.1. The van der Waals surface area contributed by atoms with Crippen LogP contribution < -0.4 is 15.2 Å². The smallest absolute Gasteiger partial charge is 0.321 e. The van der Waals surface area contributed by atoms with Gasteiger partial charge in [-0.1, -0.05) is 53.5 Å². The first-order valence-corrected chi connectivity index (χ1v) is 13.2. The van der Waals surface area contributed by atoms with Crippen molar-refractivity contribution in [3.8, 4) is 11.5 Å². The van der Waals surface area contributed by atoms with Gasteiger partial charge in [-0.05, 0) is 50.3 Å². The molecule has 0 spiro atoms. The highest BCUT2D eigenvalue weighted by Crippen LogP contribution is 2.35. The molecule has 0 saturated heterocycles. The van der Waals surface area contributed by atoms with E-state index in [9.17, 15) is 24.3 Å². The molecule has 0 bridgehead atoms. The monoisotopic (exact) mass is 521 g/mol. The molecule has 1 aromatic rings. The van der Waals surface area contributed by atoms with Crippen LogP contribution in [0.25, 0.3) is 0 Å². The maximum absolute atomic E-state index is 12.7. The Morgan fingerprint density at radius 1 is 0.865 bits per heavy atom. The van der Waals surface area contributed by atoms with E-state index >= 15 is 0 Å². The molecule has 1 aromatic carbocycles. The summed E-state index contributed by atoms with van der Waals surface area (Å²) in [5.41, 5.74) is 6.49. The van der Waals surface area contributed by atoms with Crippen LogP contribution in [-0.2, 0) is 23.9 Å². The van der Waals surface area contributed by atoms with E-state index in [0.29, 0.717) is 24.8 Å². The number of hydrogen-bond acceptors (Lipinski definition) is 8. The van der Waals surface area contributed by atoms with Gasteiger partial charge in [-0.15, -0.1) is 0 Å². The summed E-state index contributed by atoms with van der Waals surface area (Å²) < 4.78 is 16.6. The van der Waals surface area contributed by atoms with Crippen molar-refractivity contribution < 1.29 is 38.5 Å². The SMILES string of the molecule is CCCC(=O)OC(C)CC(c1ccc(OC(=O)C(C)CCC)c(OC(=O)C(C)CCC)c1)[C@H](N)C(=O)O. The topological polar surface area (TPSA) is 142 Å². The summed E-state index contributed by atoms with van der Waals surface area (Å²) in [4.78, 5) is 49.1. The Kier molecular flexibility index (Phi) is 13.9. The predicted octanol–water partition coefficient (Wildman–Crippen LogP) is 4.99. The second-order valence-corrected chi connectivity index (χ2v) is 9.68. The highest BCUT2D eigenvalue weighted by Gasteiger charge is 2.30. The molecule has 0 saturated carbocycles. The van der Waals surface area contributed by atoms with Gasteiger partial charge in [0.05, 0.1) is 17.9 Å². The molecule has 37 heavy (non-hydrogen) atoms. The first-order valence-electron chi connectivity index (χ1n) is 13.2. The Labute approximate surface area is 220 Å². The molecule has 0 heterocycles. The van der Waals surface area contributed by atoms with Gasteiger partial charge in [0.1, 0.15) is 6.04 Å². The fraction of sp³-hybridized carbons (Fsp3) is 0.643. The summed E-state index contributed by atoms with van der Waals surface area (Å²) >= 11 is 0. The van der Waals surface area contributed by atoms with Crippen LogP contribution in [0.1, 0.15) is 98.0 Å². The number of aliphatic carboxylic acids is 1. The van der Waals surface area contributed by atoms with Crippen LogP contribution in [0.3, 0.4) is 0 Å². The fourth-order valence-electron chi connectivity index (χ4n) is 3.99. The Balaban J connectivity index is 3.39. The number of rotatable bonds is 16. The Morgan fingerprint density at radius 2 is 1.41 bits per heavy atom. The minimum atomic E-state index is -1.31. The van der Waals surface area contributed by atoms with Gasteiger partial charge < -0.3 is 25.1 Å². The first kappa shape index (κ1) is 32.1. The summed E-state index contributed by atoms with van der Waals surface area (Å²) in [7, 11) is 0. The zero-order valence-corrected chi connectivity index (χ0v) is 23.0. The standard InChI is InChI=1S/C28H43NO8/c1-7-10-17(4)27(33)36-22-14-13-20(16-23(22)37-28(34)18(5)11-8-2)21(25(29)26(31)32)15-19(6)35-24(30)12-9-3/h13-14,16-19,21,25H,7-12,15,29H2,1-6H3,(H,31,32)/t17?,18?,19?,21?,25-/m0/s1. The molecule has 0 amide bonds. The molecule has 5 atom stereocenters. The van der Waals surface area contributed by atoms with Crippen LogP contribution in [0.2, 0.25) is 0 Å². The van der Waals surface area contributed by atoms with E-state index in [-0.39, 0.29) is 42.1 Å². The van der Waals surface area contributed by atoms with Crippen LogP contribution in [-0.4, -0.2) is 41.1 Å². The minimum absolute atomic E-state index is 0.0146. The highest BCUT2D eigenvalue weighted by atomic mass is 16.6. The average Bonchev–Trinajstić information content (AvgIpc) is 2.83. The van der Waals surface area contributed by atoms with Crippen molar-refractivity contribution in [1.82, 2.24) is 0 Å². The highest BCUT2D eigenvalue weighted by molar-refractivity contribution is 5.79. The van der Waals surface area contributed by atoms with Gasteiger partial charge in [0, 0.05) is 12.3 Å². The zero-order valence-electron chi connectivity index (χ0n) is 23.0. The molecule has 3 N–H and O–H groups in total. The molecule has 0 radical (unpaired) electrons. The lowest BCUT2D eigenvalue weighted by Crippen LogP contribution is -2.38. The number of nitrogens with two attached hydrogens (primary N) is 1. The van der Waals surface area contributed by atoms with Crippen LogP contribution >= 0.6 is 0 Å². The molecule has 4 unspecified atom stereocenters. The van der Waals surface area contributed by atoms with Crippen LogP contribution in [0.15, 0.2) is 18.2 Å². The van der Waals surface area contributed by atoms with Crippen LogP contribution in [0.5, 0.6) is 11.5 Å². The third-order valence-electron chi connectivity index (χ3n) is 6.16. The van der Waals surface area contributed by atoms with Crippen molar-refractivity contribution in [2.24, 2.45) is 17.6 Å². The Bertz CT molecular complexity index is 915. The molecule has 1 rings (SSSR count). The van der Waals surface area contributed by atoms with Gasteiger partial charge >= 0.3 is 23.9 Å². The van der Waals surface area contributed by atoms with Gasteiger partial charge in [-0.2, -0.15) is 0 Å². The summed E-state index contributed by atoms with van der Waals surface area (Å²) in [6, 6.07) is 3.24. The molecular formula is C28H43NO8. The summed E-state index contributed by atoms with van der Waals surface area (Å²) in [5, 5.41) is 9.64. The van der Waals surface area contributed by atoms with E-state index in [1.54, 1.807) is 26.8 Å². The molecule has 0 aromatic heterocycles. The lowest BCUT2D eigenvalue weighted by atomic mass is 9.87. The lowest BCUT2D eigenvalue weighted by molar-refractivity contribution is -0.149. The van der Waals surface area contributed by atoms with Gasteiger partial charge in [0.25, 0.3) is 0 Å². The first-order chi connectivity index (χ1) is 17.4. The summed E-state index contributed by atoms with van der Waals surface area (Å²) in [6.07, 6.45) is 3.28. The number of benzene rings is 1. The van der Waals surface area contributed by atoms with E-state index in [0.717, 1.165) is 12.8 Å². The van der Waals surface area contributed by atoms with Gasteiger partial charge in [0.2, 0.25) is 0 Å². The number of ether oxygens (including phenoxy) is 3. The van der Waals surface area contributed by atoms with Crippen molar-refractivity contribution in [3.05, 3.63) is 23.8 Å². The Morgan fingerprint density at radius 3 is 1.89 bits per heavy atom. The van der Waals surface area contributed by atoms with Crippen molar-refractivity contribution in [1.29, 1.82) is 0 Å². The number of carboxylic acid groups (broad SMARTS) is 1. The van der Waals surface area contributed by atoms with Crippen molar-refractivity contribution >= 4 is 23.9 Å². The largest absolute Gasteiger partial charge is 0.480 e. The van der Waals surface area contributed by atoms with Crippen LogP contribution in [0, 0.1) is 11.8 Å². The minimum Gasteiger partial charge on any atom is -0.480 e. The van der Waals surface area contributed by atoms with Gasteiger partial charge in [0.15, 0.2) is 11.5 Å². The third-order valence-corrected chi connectivity index (χ3v) is 6.16. The number of carboxylic acids is 1. The van der Waals surface area contributed by atoms with E-state index in [2.05, 4.69) is 0 Å². The summed E-state index contributed by atoms with van der Waals surface area (Å²) in [6.45, 7) is 11.0. The lowest BCUT2D eigenvalue weighted by Gasteiger charge is -2.25. The van der Waals surface area contributed by atoms with E-state index in [1.165, 1.54) is 12.1 Å². The predicted molar refractivity (Wildman–Crippen MR) is 139 cm³/mol. The van der Waals surface area contributed by atoms with E-state index < -0.39 is 36.0 Å². The van der Waals surface area contributed by atoms with Crippen LogP contribution in [0.4, 0.5) is 0 Å². The maximum atomic E-state index is 12.7. The molecular weight excluding hydrogens is 478 g/mol. The van der Waals surface area contributed by atoms with Crippen molar-refractivity contribution in [3.63, 3.8) is 0 Å². The molecule has 0 aliphatic heterocycles. The molecule has 208 valence electrons. The van der Waals surface area contributed by atoms with Crippen molar-refractivity contribution in [2.75, 3.05) is 0 Å². The summed E-state index contributed by atoms with van der Waals surface area (Å²) in [5.74, 6) is -3.96. The van der Waals surface area contributed by atoms with Gasteiger partial charge in [-0.25, -0.2) is 0 Å². The number of carbonyl (C=O) groups excluding carboxylic acids is 3. The molecule has 9 heteroatoms. The number of carbonyl (C=O) groups is 4. The molecule has 0 aliphatic rings. The number of hydrogen-bond donors (Lipinski definition) is 2. The zero-order chi connectivity index (χ0) is 28.1. The fourth-order valence-corrected chi connectivity index (χ4v) is 3.99. The van der Waals surface area contributed by atoms with Gasteiger partial charge in [-0.3, -0.25) is 19.2 Å². The second kappa shape index (κ2) is 16.0. The van der Waals surface area contributed by atoms with E-state index in [1.807, 2.05) is 20.8 Å². The molecule has 9 nitrogen and oxygen atoms in total. The average molecular weight is 522 g/mol. The van der Waals surface area contributed by atoms with E-state index in [4.69, 9.17) is 19.9 Å². The number of esters is 3. The maximum Gasteiger partial charge on any atom is 0.321 e. The quantitative estimate of drug-likeness (QED) is 0.227.